The zero-order valence-electron chi connectivity index (χ0n) is 14.2. The van der Waals surface area contributed by atoms with Gasteiger partial charge in [-0.3, -0.25) is 9.59 Å². The van der Waals surface area contributed by atoms with E-state index >= 15 is 0 Å². The van der Waals surface area contributed by atoms with Crippen molar-refractivity contribution in [3.8, 4) is 6.07 Å². The molecular weight excluding hydrogens is 349 g/mol. The number of amides is 1. The molecule has 0 aromatic heterocycles. The van der Waals surface area contributed by atoms with Crippen molar-refractivity contribution < 1.29 is 27.5 Å². The summed E-state index contributed by atoms with van der Waals surface area (Å²) in [6, 6.07) is 5.51. The minimum absolute atomic E-state index is 0.0263. The molecular formula is C18H19F3N2O3. The van der Waals surface area contributed by atoms with E-state index in [1.807, 2.05) is 6.07 Å². The molecule has 0 spiro atoms. The third kappa shape index (κ3) is 4.97. The molecule has 5 nitrogen and oxygen atoms in total. The highest BCUT2D eigenvalue weighted by Gasteiger charge is 2.33. The Labute approximate surface area is 149 Å². The van der Waals surface area contributed by atoms with E-state index in [-0.39, 0.29) is 18.1 Å². The first-order chi connectivity index (χ1) is 12.1. The van der Waals surface area contributed by atoms with Crippen molar-refractivity contribution in [1.82, 2.24) is 5.32 Å². The van der Waals surface area contributed by atoms with Crippen molar-refractivity contribution in [2.24, 2.45) is 5.92 Å². The number of nitriles is 1. The number of rotatable bonds is 5. The molecule has 1 aliphatic carbocycles. The van der Waals surface area contributed by atoms with Crippen LogP contribution in [0.25, 0.3) is 0 Å². The van der Waals surface area contributed by atoms with Crippen LogP contribution >= 0.6 is 0 Å². The van der Waals surface area contributed by atoms with Crippen molar-refractivity contribution in [3.05, 3.63) is 35.4 Å². The number of ether oxygens (including phenoxy) is 1. The highest BCUT2D eigenvalue weighted by molar-refractivity contribution is 5.95. The van der Waals surface area contributed by atoms with Gasteiger partial charge in [-0.15, -0.1) is 0 Å². The van der Waals surface area contributed by atoms with Gasteiger partial charge in [0, 0.05) is 5.56 Å². The van der Waals surface area contributed by atoms with Crippen LogP contribution in [0, 0.1) is 17.2 Å². The number of nitrogens with one attached hydrogen (secondary N) is 1. The number of nitrogens with zero attached hydrogens (tertiary/aromatic N) is 1. The average Bonchev–Trinajstić information content (AvgIpc) is 3.14. The van der Waals surface area contributed by atoms with Crippen molar-refractivity contribution in [1.29, 1.82) is 5.26 Å². The number of esters is 1. The lowest BCUT2D eigenvalue weighted by atomic mass is 10.0. The van der Waals surface area contributed by atoms with Gasteiger partial charge < -0.3 is 10.1 Å². The summed E-state index contributed by atoms with van der Waals surface area (Å²) >= 11 is 0. The van der Waals surface area contributed by atoms with Crippen molar-refractivity contribution in [2.75, 3.05) is 6.61 Å². The first kappa shape index (κ1) is 19.8. The van der Waals surface area contributed by atoms with E-state index in [2.05, 4.69) is 5.32 Å². The van der Waals surface area contributed by atoms with Crippen molar-refractivity contribution in [3.63, 3.8) is 0 Å². The van der Waals surface area contributed by atoms with E-state index in [1.54, 1.807) is 0 Å². The number of carbonyl (C=O) groups excluding carboxylic acids is 2. The smallest absolute Gasteiger partial charge is 0.416 e. The fraction of sp³-hybridized carbons (Fsp3) is 0.500. The van der Waals surface area contributed by atoms with Crippen LogP contribution in [0.4, 0.5) is 13.2 Å². The lowest BCUT2D eigenvalue weighted by Gasteiger charge is -2.23. The summed E-state index contributed by atoms with van der Waals surface area (Å²) < 4.78 is 42.8. The number of carbonyl (C=O) groups is 2. The monoisotopic (exact) mass is 368 g/mol. The molecule has 0 heterocycles. The summed E-state index contributed by atoms with van der Waals surface area (Å²) in [4.78, 5) is 24.1. The Bertz CT molecular complexity index is 704. The van der Waals surface area contributed by atoms with Gasteiger partial charge in [0.15, 0.2) is 5.54 Å². The van der Waals surface area contributed by atoms with Crippen molar-refractivity contribution in [2.45, 2.75) is 44.3 Å². The number of hydrogen-bond acceptors (Lipinski definition) is 4. The first-order valence-electron chi connectivity index (χ1n) is 8.22. The van der Waals surface area contributed by atoms with Crippen LogP contribution in [0.2, 0.25) is 0 Å². The van der Waals surface area contributed by atoms with Crippen LogP contribution in [0.15, 0.2) is 24.3 Å². The Morgan fingerprint density at radius 3 is 2.31 bits per heavy atom. The van der Waals surface area contributed by atoms with Crippen LogP contribution < -0.4 is 5.32 Å². The van der Waals surface area contributed by atoms with Crippen LogP contribution in [-0.4, -0.2) is 24.0 Å². The van der Waals surface area contributed by atoms with Gasteiger partial charge in [0.05, 0.1) is 17.6 Å². The summed E-state index contributed by atoms with van der Waals surface area (Å²) in [5, 5.41) is 11.7. The fourth-order valence-electron chi connectivity index (χ4n) is 2.72. The van der Waals surface area contributed by atoms with E-state index in [0.29, 0.717) is 0 Å². The average molecular weight is 368 g/mol. The van der Waals surface area contributed by atoms with Gasteiger partial charge in [-0.2, -0.15) is 18.4 Å². The molecule has 0 radical (unpaired) electrons. The maximum absolute atomic E-state index is 12.6. The molecule has 1 aliphatic rings. The molecule has 1 amide bonds. The topological polar surface area (TPSA) is 79.2 Å². The standard InChI is InChI=1S/C18H19F3N2O3/c1-17(10-22,11-26-16(25)13-4-2-3-5-13)23-15(24)12-6-8-14(9-7-12)18(19,20)21/h6-9,13H,2-5,11H2,1H3,(H,23,24). The molecule has 8 heteroatoms. The van der Waals surface area contributed by atoms with Gasteiger partial charge in [-0.25, -0.2) is 0 Å². The molecule has 1 aromatic carbocycles. The highest BCUT2D eigenvalue weighted by Crippen LogP contribution is 2.29. The second-order valence-corrected chi connectivity index (χ2v) is 6.56. The molecule has 1 saturated carbocycles. The zero-order chi connectivity index (χ0) is 19.4. The predicted molar refractivity (Wildman–Crippen MR) is 85.8 cm³/mol. The molecule has 140 valence electrons. The minimum atomic E-state index is -4.50. The minimum Gasteiger partial charge on any atom is -0.462 e. The summed E-state index contributed by atoms with van der Waals surface area (Å²) in [6.07, 6.45) is -1.08. The van der Waals surface area contributed by atoms with E-state index in [0.717, 1.165) is 49.9 Å². The largest absolute Gasteiger partial charge is 0.462 e. The van der Waals surface area contributed by atoms with E-state index in [1.165, 1.54) is 6.92 Å². The van der Waals surface area contributed by atoms with Gasteiger partial charge in [0.25, 0.3) is 5.91 Å². The van der Waals surface area contributed by atoms with Gasteiger partial charge in [0.2, 0.25) is 0 Å². The second-order valence-electron chi connectivity index (χ2n) is 6.56. The number of alkyl halides is 3. The van der Waals surface area contributed by atoms with Gasteiger partial charge in [0.1, 0.15) is 6.61 Å². The Hall–Kier alpha value is -2.56. The first-order valence-corrected chi connectivity index (χ1v) is 8.22. The summed E-state index contributed by atoms with van der Waals surface area (Å²) in [7, 11) is 0. The Kier molecular flexibility index (Phi) is 5.90. The second kappa shape index (κ2) is 7.77. The molecule has 0 aliphatic heterocycles. The lowest BCUT2D eigenvalue weighted by Crippen LogP contribution is -2.49. The predicted octanol–water partition coefficient (Wildman–Crippen LogP) is 3.45. The van der Waals surface area contributed by atoms with Gasteiger partial charge in [-0.05, 0) is 44.0 Å². The highest BCUT2D eigenvalue weighted by atomic mass is 19.4. The summed E-state index contributed by atoms with van der Waals surface area (Å²) in [6.45, 7) is 1.06. The van der Waals surface area contributed by atoms with E-state index in [9.17, 15) is 28.0 Å². The third-order valence-corrected chi connectivity index (χ3v) is 4.30. The molecule has 0 bridgehead atoms. The normalized spacial score (nSPS) is 17.2. The lowest BCUT2D eigenvalue weighted by molar-refractivity contribution is -0.149. The van der Waals surface area contributed by atoms with Gasteiger partial charge in [-0.1, -0.05) is 12.8 Å². The maximum atomic E-state index is 12.6. The molecule has 2 rings (SSSR count). The van der Waals surface area contributed by atoms with E-state index in [4.69, 9.17) is 4.74 Å². The summed E-state index contributed by atoms with van der Waals surface area (Å²) in [5.41, 5.74) is -2.38. The zero-order valence-corrected chi connectivity index (χ0v) is 14.2. The van der Waals surface area contributed by atoms with E-state index < -0.39 is 29.2 Å². The fourth-order valence-corrected chi connectivity index (χ4v) is 2.72. The number of hydrogen-bond donors (Lipinski definition) is 1. The quantitative estimate of drug-likeness (QED) is 0.808. The van der Waals surface area contributed by atoms with Crippen LogP contribution in [-0.2, 0) is 15.7 Å². The van der Waals surface area contributed by atoms with Crippen molar-refractivity contribution >= 4 is 11.9 Å². The molecule has 1 N–H and O–H groups in total. The maximum Gasteiger partial charge on any atom is 0.416 e. The molecule has 1 atom stereocenters. The molecule has 0 saturated heterocycles. The summed E-state index contributed by atoms with van der Waals surface area (Å²) in [5.74, 6) is -1.30. The third-order valence-electron chi connectivity index (χ3n) is 4.30. The molecule has 1 aromatic rings. The molecule has 1 unspecified atom stereocenters. The number of halogens is 3. The Balaban J connectivity index is 1.97. The molecule has 1 fully saturated rings. The Morgan fingerprint density at radius 1 is 1.23 bits per heavy atom. The van der Waals surface area contributed by atoms with Gasteiger partial charge >= 0.3 is 12.1 Å². The van der Waals surface area contributed by atoms with Crippen LogP contribution in [0.1, 0.15) is 48.5 Å². The Morgan fingerprint density at radius 2 is 1.81 bits per heavy atom. The van der Waals surface area contributed by atoms with Crippen LogP contribution in [0.5, 0.6) is 0 Å². The number of benzene rings is 1. The van der Waals surface area contributed by atoms with Crippen LogP contribution in [0.3, 0.4) is 0 Å². The SMILES string of the molecule is CC(C#N)(COC(=O)C1CCCC1)NC(=O)c1ccc(C(F)(F)F)cc1. The molecule has 26 heavy (non-hydrogen) atoms.